The fraction of sp³-hybridized carbons (Fsp3) is 0.565. The zero-order valence-electron chi connectivity index (χ0n) is 17.3. The molecule has 0 N–H and O–H groups in total. The standard InChI is InChI=1S/C23H31N3O3/c1-2-26-20-11-7-6-10-19(20)21(16-22(26)27)29-17-23(28)25-14-12-24(13-15-25)18-8-4-3-5-9-18/h6-7,10-11,16,18H,2-5,8-9,12-15,17H2,1H3. The Morgan fingerprint density at radius 1 is 1.07 bits per heavy atom. The number of rotatable bonds is 5. The summed E-state index contributed by atoms with van der Waals surface area (Å²) in [6.07, 6.45) is 6.63. The molecular formula is C23H31N3O3. The second-order valence-electron chi connectivity index (χ2n) is 8.11. The zero-order valence-corrected chi connectivity index (χ0v) is 17.3. The van der Waals surface area contributed by atoms with Crippen molar-refractivity contribution in [3.05, 3.63) is 40.7 Å². The fourth-order valence-electron chi connectivity index (χ4n) is 4.76. The molecule has 2 aromatic rings. The maximum atomic E-state index is 12.7. The molecule has 0 atom stereocenters. The van der Waals surface area contributed by atoms with Gasteiger partial charge in [-0.2, -0.15) is 0 Å². The van der Waals surface area contributed by atoms with Crippen molar-refractivity contribution in [2.24, 2.45) is 0 Å². The van der Waals surface area contributed by atoms with Crippen LogP contribution in [0.25, 0.3) is 10.9 Å². The van der Waals surface area contributed by atoms with Crippen molar-refractivity contribution >= 4 is 16.8 Å². The number of fused-ring (bicyclic) bond motifs is 1. The number of carbonyl (C=O) groups is 1. The molecule has 6 nitrogen and oxygen atoms in total. The van der Waals surface area contributed by atoms with E-state index in [4.69, 9.17) is 4.74 Å². The highest BCUT2D eigenvalue weighted by Crippen LogP contribution is 2.25. The van der Waals surface area contributed by atoms with Gasteiger partial charge in [0.1, 0.15) is 5.75 Å². The van der Waals surface area contributed by atoms with Crippen molar-refractivity contribution in [2.45, 2.75) is 51.6 Å². The lowest BCUT2D eigenvalue weighted by Gasteiger charge is -2.40. The molecular weight excluding hydrogens is 366 g/mol. The van der Waals surface area contributed by atoms with Crippen LogP contribution in [0.1, 0.15) is 39.0 Å². The van der Waals surface area contributed by atoms with Crippen LogP contribution >= 0.6 is 0 Å². The molecule has 2 fully saturated rings. The summed E-state index contributed by atoms with van der Waals surface area (Å²) in [5.74, 6) is 0.488. The number of ether oxygens (including phenoxy) is 1. The van der Waals surface area contributed by atoms with Gasteiger partial charge in [0.05, 0.1) is 5.52 Å². The number of hydrogen-bond donors (Lipinski definition) is 0. The first-order valence-corrected chi connectivity index (χ1v) is 10.9. The van der Waals surface area contributed by atoms with Gasteiger partial charge in [-0.05, 0) is 31.9 Å². The van der Waals surface area contributed by atoms with Gasteiger partial charge in [0, 0.05) is 50.2 Å². The largest absolute Gasteiger partial charge is 0.483 e. The topological polar surface area (TPSA) is 54.8 Å². The lowest BCUT2D eigenvalue weighted by atomic mass is 9.94. The number of hydrogen-bond acceptors (Lipinski definition) is 4. The molecule has 6 heteroatoms. The van der Waals surface area contributed by atoms with Crippen molar-refractivity contribution < 1.29 is 9.53 Å². The van der Waals surface area contributed by atoms with Gasteiger partial charge in [-0.25, -0.2) is 0 Å². The summed E-state index contributed by atoms with van der Waals surface area (Å²) in [5.41, 5.74) is 0.737. The Morgan fingerprint density at radius 2 is 1.79 bits per heavy atom. The molecule has 1 aliphatic carbocycles. The first-order chi connectivity index (χ1) is 14.2. The van der Waals surface area contributed by atoms with Crippen LogP contribution in [0, 0.1) is 0 Å². The molecule has 1 aliphatic heterocycles. The lowest BCUT2D eigenvalue weighted by Crippen LogP contribution is -2.53. The summed E-state index contributed by atoms with van der Waals surface area (Å²) in [5, 5.41) is 0.865. The molecule has 2 heterocycles. The second kappa shape index (κ2) is 8.99. The maximum Gasteiger partial charge on any atom is 0.260 e. The average molecular weight is 398 g/mol. The van der Waals surface area contributed by atoms with E-state index in [2.05, 4.69) is 4.90 Å². The molecule has 0 bridgehead atoms. The van der Waals surface area contributed by atoms with Gasteiger partial charge in [0.25, 0.3) is 11.5 Å². The summed E-state index contributed by atoms with van der Waals surface area (Å²) in [4.78, 5) is 29.6. The smallest absolute Gasteiger partial charge is 0.260 e. The molecule has 1 amide bonds. The van der Waals surface area contributed by atoms with Gasteiger partial charge in [-0.3, -0.25) is 14.5 Å². The molecule has 156 valence electrons. The molecule has 0 unspecified atom stereocenters. The van der Waals surface area contributed by atoms with Gasteiger partial charge in [-0.15, -0.1) is 0 Å². The van der Waals surface area contributed by atoms with Crippen molar-refractivity contribution in [3.63, 3.8) is 0 Å². The first-order valence-electron chi connectivity index (χ1n) is 10.9. The molecule has 2 aliphatic rings. The van der Waals surface area contributed by atoms with E-state index >= 15 is 0 Å². The fourth-order valence-corrected chi connectivity index (χ4v) is 4.76. The van der Waals surface area contributed by atoms with Crippen molar-refractivity contribution in [3.8, 4) is 5.75 Å². The number of nitrogens with zero attached hydrogens (tertiary/aromatic N) is 3. The van der Waals surface area contributed by atoms with Crippen molar-refractivity contribution in [2.75, 3.05) is 32.8 Å². The molecule has 1 saturated carbocycles. The van der Waals surface area contributed by atoms with E-state index in [1.54, 1.807) is 4.57 Å². The van der Waals surface area contributed by atoms with E-state index in [1.807, 2.05) is 36.1 Å². The highest BCUT2D eigenvalue weighted by Gasteiger charge is 2.27. The van der Waals surface area contributed by atoms with Crippen LogP contribution in [0.5, 0.6) is 5.75 Å². The molecule has 29 heavy (non-hydrogen) atoms. The summed E-state index contributed by atoms with van der Waals surface area (Å²) >= 11 is 0. The second-order valence-corrected chi connectivity index (χ2v) is 8.11. The normalized spacial score (nSPS) is 18.9. The molecule has 1 aromatic heterocycles. The lowest BCUT2D eigenvalue weighted by molar-refractivity contribution is -0.135. The van der Waals surface area contributed by atoms with Crippen LogP contribution in [0.4, 0.5) is 0 Å². The van der Waals surface area contributed by atoms with Crippen LogP contribution in [0.15, 0.2) is 35.1 Å². The summed E-state index contributed by atoms with van der Waals surface area (Å²) < 4.78 is 7.56. The highest BCUT2D eigenvalue weighted by molar-refractivity contribution is 5.86. The Morgan fingerprint density at radius 3 is 2.52 bits per heavy atom. The number of aromatic nitrogens is 1. The quantitative estimate of drug-likeness (QED) is 0.779. The minimum Gasteiger partial charge on any atom is -0.483 e. The van der Waals surface area contributed by atoms with Gasteiger partial charge in [0.2, 0.25) is 0 Å². The van der Waals surface area contributed by atoms with E-state index in [0.717, 1.165) is 37.1 Å². The van der Waals surface area contributed by atoms with Crippen molar-refractivity contribution in [1.82, 2.24) is 14.4 Å². The molecule has 4 rings (SSSR count). The third-order valence-electron chi connectivity index (χ3n) is 6.41. The van der Waals surface area contributed by atoms with Crippen LogP contribution in [0.2, 0.25) is 0 Å². The van der Waals surface area contributed by atoms with E-state index in [9.17, 15) is 9.59 Å². The van der Waals surface area contributed by atoms with Crippen LogP contribution in [-0.2, 0) is 11.3 Å². The predicted octanol–water partition coefficient (Wildman–Crippen LogP) is 2.88. The number of aryl methyl sites for hydroxylation is 1. The number of pyridine rings is 1. The monoisotopic (exact) mass is 397 g/mol. The summed E-state index contributed by atoms with van der Waals surface area (Å²) in [7, 11) is 0. The van der Waals surface area contributed by atoms with E-state index < -0.39 is 0 Å². The minimum atomic E-state index is -0.102. The maximum absolute atomic E-state index is 12.7. The average Bonchev–Trinajstić information content (AvgIpc) is 2.78. The molecule has 0 spiro atoms. The molecule has 1 saturated heterocycles. The summed E-state index contributed by atoms with van der Waals surface area (Å²) in [6, 6.07) is 9.89. The number of amides is 1. The molecule has 1 aromatic carbocycles. The Kier molecular flexibility index (Phi) is 6.19. The molecule has 0 radical (unpaired) electrons. The Hall–Kier alpha value is -2.34. The first kappa shape index (κ1) is 20.0. The third kappa shape index (κ3) is 4.32. The van der Waals surface area contributed by atoms with Crippen molar-refractivity contribution in [1.29, 1.82) is 0 Å². The minimum absolute atomic E-state index is 0.00274. The Labute approximate surface area is 172 Å². The van der Waals surface area contributed by atoms with Gasteiger partial charge in [-0.1, -0.05) is 31.4 Å². The summed E-state index contributed by atoms with van der Waals surface area (Å²) in [6.45, 7) is 5.95. The number of para-hydroxylation sites is 1. The van der Waals surface area contributed by atoms with Gasteiger partial charge in [0.15, 0.2) is 6.61 Å². The predicted molar refractivity (Wildman–Crippen MR) is 114 cm³/mol. The SMILES string of the molecule is CCn1c(=O)cc(OCC(=O)N2CCN(C3CCCCC3)CC2)c2ccccc21. The number of benzene rings is 1. The van der Waals surface area contributed by atoms with Crippen LogP contribution in [0.3, 0.4) is 0 Å². The van der Waals surface area contributed by atoms with E-state index in [1.165, 1.54) is 38.2 Å². The van der Waals surface area contributed by atoms with E-state index in [-0.39, 0.29) is 18.1 Å². The van der Waals surface area contributed by atoms with Crippen LogP contribution in [-0.4, -0.2) is 59.1 Å². The number of piperazine rings is 1. The Bertz CT molecular complexity index is 909. The third-order valence-corrected chi connectivity index (χ3v) is 6.41. The van der Waals surface area contributed by atoms with E-state index in [0.29, 0.717) is 18.3 Å². The van der Waals surface area contributed by atoms with Gasteiger partial charge >= 0.3 is 0 Å². The zero-order chi connectivity index (χ0) is 20.2. The number of carbonyl (C=O) groups excluding carboxylic acids is 1. The highest BCUT2D eigenvalue weighted by atomic mass is 16.5. The van der Waals surface area contributed by atoms with Gasteiger partial charge < -0.3 is 14.2 Å². The Balaban J connectivity index is 1.37. The van der Waals surface area contributed by atoms with Crippen LogP contribution < -0.4 is 10.3 Å².